The molecule has 0 N–H and O–H groups in total. The van der Waals surface area contributed by atoms with Crippen LogP contribution in [0.3, 0.4) is 0 Å². The molecule has 1 unspecified atom stereocenters. The lowest BCUT2D eigenvalue weighted by atomic mass is 9.81. The van der Waals surface area contributed by atoms with E-state index in [2.05, 4.69) is 6.07 Å². The lowest BCUT2D eigenvalue weighted by Gasteiger charge is -2.30. The van der Waals surface area contributed by atoms with Gasteiger partial charge in [-0.2, -0.15) is 5.26 Å². The second-order valence-electron chi connectivity index (χ2n) is 4.57. The maximum atomic E-state index is 12.0. The van der Waals surface area contributed by atoms with E-state index in [1.807, 2.05) is 19.1 Å². The molecule has 0 radical (unpaired) electrons. The molecule has 0 aliphatic heterocycles. The minimum absolute atomic E-state index is 0.0816. The van der Waals surface area contributed by atoms with Crippen LogP contribution >= 0.6 is 11.6 Å². The number of carbonyl (C=O) groups excluding carboxylic acids is 1. The molecule has 1 aliphatic rings. The Morgan fingerprint density at radius 2 is 2.18 bits per heavy atom. The Bertz CT molecular complexity index is 503. The minimum Gasteiger partial charge on any atom is -0.297 e. The predicted octanol–water partition coefficient (Wildman–Crippen LogP) is 3.44. The maximum absolute atomic E-state index is 12.0. The quantitative estimate of drug-likeness (QED) is 0.714. The van der Waals surface area contributed by atoms with E-state index in [9.17, 15) is 4.79 Å². The molecule has 0 spiro atoms. The van der Waals surface area contributed by atoms with Crippen LogP contribution in [0.4, 0.5) is 0 Å². The zero-order valence-corrected chi connectivity index (χ0v) is 10.5. The van der Waals surface area contributed by atoms with Gasteiger partial charge in [-0.3, -0.25) is 4.79 Å². The summed E-state index contributed by atoms with van der Waals surface area (Å²) in [6, 6.07) is 7.62. The molecule has 17 heavy (non-hydrogen) atoms. The third-order valence-electron chi connectivity index (χ3n) is 3.43. The summed E-state index contributed by atoms with van der Waals surface area (Å²) in [7, 11) is 0. The fourth-order valence-electron chi connectivity index (χ4n) is 2.29. The first-order valence-corrected chi connectivity index (χ1v) is 6.19. The molecule has 0 amide bonds. The van der Waals surface area contributed by atoms with Gasteiger partial charge in [0.15, 0.2) is 5.78 Å². The summed E-state index contributed by atoms with van der Waals surface area (Å²) >= 11 is 6.47. The van der Waals surface area contributed by atoms with Gasteiger partial charge >= 0.3 is 0 Å². The number of Topliss-reactive ketones (excluding diaryl/α,β-unsaturated/α-hetero) is 1. The largest absolute Gasteiger partial charge is 0.297 e. The molecule has 1 fully saturated rings. The highest BCUT2D eigenvalue weighted by molar-refractivity contribution is 6.35. The monoisotopic (exact) mass is 247 g/mol. The number of benzene rings is 1. The molecule has 0 aromatic heterocycles. The van der Waals surface area contributed by atoms with Crippen molar-refractivity contribution in [3.63, 3.8) is 0 Å². The smallest absolute Gasteiger partial charge is 0.158 e. The summed E-state index contributed by atoms with van der Waals surface area (Å²) in [6.45, 7) is 1.88. The molecule has 88 valence electrons. The number of nitriles is 1. The van der Waals surface area contributed by atoms with Crippen molar-refractivity contribution in [1.29, 1.82) is 5.26 Å². The van der Waals surface area contributed by atoms with Crippen LogP contribution in [0.15, 0.2) is 18.2 Å². The van der Waals surface area contributed by atoms with Crippen molar-refractivity contribution >= 4 is 17.4 Å². The van der Waals surface area contributed by atoms with E-state index in [1.54, 1.807) is 6.07 Å². The number of ketones is 1. The second-order valence-corrected chi connectivity index (χ2v) is 5.22. The van der Waals surface area contributed by atoms with Gasteiger partial charge in [-0.05, 0) is 37.0 Å². The van der Waals surface area contributed by atoms with Crippen molar-refractivity contribution in [2.24, 2.45) is 0 Å². The molecule has 1 aliphatic carbocycles. The Hall–Kier alpha value is -1.33. The van der Waals surface area contributed by atoms with Crippen LogP contribution < -0.4 is 0 Å². The number of nitrogens with zero attached hydrogens (tertiary/aromatic N) is 1. The van der Waals surface area contributed by atoms with E-state index in [4.69, 9.17) is 16.9 Å². The number of alkyl halides is 1. The van der Waals surface area contributed by atoms with Crippen molar-refractivity contribution in [1.82, 2.24) is 0 Å². The van der Waals surface area contributed by atoms with Crippen LogP contribution in [0.1, 0.15) is 42.4 Å². The average molecular weight is 248 g/mol. The Labute approximate surface area is 106 Å². The van der Waals surface area contributed by atoms with Crippen molar-refractivity contribution in [2.45, 2.75) is 37.5 Å². The Kier molecular flexibility index (Phi) is 3.22. The fraction of sp³-hybridized carbons (Fsp3) is 0.429. The molecule has 1 atom stereocenters. The molecule has 0 bridgehead atoms. The van der Waals surface area contributed by atoms with Gasteiger partial charge in [0.25, 0.3) is 0 Å². The first-order valence-electron chi connectivity index (χ1n) is 5.81. The molecule has 0 saturated heterocycles. The predicted molar refractivity (Wildman–Crippen MR) is 66.9 cm³/mol. The summed E-state index contributed by atoms with van der Waals surface area (Å²) in [5, 5.41) is 9.01. The number of aryl methyl sites for hydroxylation is 1. The van der Waals surface area contributed by atoms with Crippen LogP contribution in [-0.4, -0.2) is 5.78 Å². The lowest BCUT2D eigenvalue weighted by molar-refractivity contribution is -0.123. The van der Waals surface area contributed by atoms with Crippen LogP contribution in [-0.2, 0) is 9.67 Å². The fourth-order valence-corrected chi connectivity index (χ4v) is 2.63. The van der Waals surface area contributed by atoms with Crippen LogP contribution in [0.25, 0.3) is 0 Å². The first-order chi connectivity index (χ1) is 8.08. The lowest BCUT2D eigenvalue weighted by Crippen LogP contribution is -2.33. The van der Waals surface area contributed by atoms with Crippen molar-refractivity contribution in [3.8, 4) is 6.07 Å². The number of hydrogen-bond donors (Lipinski definition) is 0. The number of halogens is 1. The van der Waals surface area contributed by atoms with Crippen molar-refractivity contribution in [2.75, 3.05) is 0 Å². The third kappa shape index (κ3) is 2.08. The minimum atomic E-state index is -0.905. The van der Waals surface area contributed by atoms with E-state index >= 15 is 0 Å². The summed E-state index contributed by atoms with van der Waals surface area (Å²) in [4.78, 5) is 11.1. The van der Waals surface area contributed by atoms with Gasteiger partial charge in [-0.1, -0.05) is 18.6 Å². The molecule has 2 nitrogen and oxygen atoms in total. The van der Waals surface area contributed by atoms with Gasteiger partial charge in [-0.25, -0.2) is 0 Å². The summed E-state index contributed by atoms with van der Waals surface area (Å²) in [5.74, 6) is 0.0816. The van der Waals surface area contributed by atoms with E-state index < -0.39 is 4.87 Å². The van der Waals surface area contributed by atoms with E-state index in [0.29, 0.717) is 18.4 Å². The third-order valence-corrected chi connectivity index (χ3v) is 4.05. The Balaban J connectivity index is 2.46. The SMILES string of the molecule is Cc1ccc(C2(Cl)CCCCC2=O)cc1C#N. The van der Waals surface area contributed by atoms with Gasteiger partial charge in [0.1, 0.15) is 4.87 Å². The highest BCUT2D eigenvalue weighted by atomic mass is 35.5. The second kappa shape index (κ2) is 4.50. The normalized spacial score (nSPS) is 24.4. The average Bonchev–Trinajstić information content (AvgIpc) is 2.33. The summed E-state index contributed by atoms with van der Waals surface area (Å²) in [6.07, 6.45) is 3.09. The standard InChI is InChI=1S/C14H14ClNO/c1-10-5-6-12(8-11(10)9-16)14(15)7-3-2-4-13(14)17/h5-6,8H,2-4,7H2,1H3. The molecule has 1 saturated carbocycles. The first kappa shape index (κ1) is 12.1. The molecular weight excluding hydrogens is 234 g/mol. The zero-order valence-electron chi connectivity index (χ0n) is 9.79. The molecule has 0 heterocycles. The Morgan fingerprint density at radius 1 is 1.41 bits per heavy atom. The van der Waals surface area contributed by atoms with Gasteiger partial charge in [0.2, 0.25) is 0 Å². The summed E-state index contributed by atoms with van der Waals surface area (Å²) in [5.41, 5.74) is 2.28. The van der Waals surface area contributed by atoms with Gasteiger partial charge in [0, 0.05) is 6.42 Å². The van der Waals surface area contributed by atoms with Crippen molar-refractivity contribution < 1.29 is 4.79 Å². The highest BCUT2D eigenvalue weighted by Crippen LogP contribution is 2.40. The number of rotatable bonds is 1. The highest BCUT2D eigenvalue weighted by Gasteiger charge is 2.39. The van der Waals surface area contributed by atoms with E-state index in [-0.39, 0.29) is 5.78 Å². The molecular formula is C14H14ClNO. The van der Waals surface area contributed by atoms with Gasteiger partial charge < -0.3 is 0 Å². The van der Waals surface area contributed by atoms with Crippen LogP contribution in [0.5, 0.6) is 0 Å². The van der Waals surface area contributed by atoms with Crippen LogP contribution in [0, 0.1) is 18.3 Å². The summed E-state index contributed by atoms with van der Waals surface area (Å²) < 4.78 is 0. The molecule has 3 heteroatoms. The topological polar surface area (TPSA) is 40.9 Å². The zero-order chi connectivity index (χ0) is 12.5. The van der Waals surface area contributed by atoms with E-state index in [1.165, 1.54) is 0 Å². The van der Waals surface area contributed by atoms with Gasteiger partial charge in [-0.15, -0.1) is 11.6 Å². The molecule has 1 aromatic rings. The Morgan fingerprint density at radius 3 is 2.82 bits per heavy atom. The number of hydrogen-bond acceptors (Lipinski definition) is 2. The van der Waals surface area contributed by atoms with Crippen LogP contribution in [0.2, 0.25) is 0 Å². The molecule has 2 rings (SSSR count). The maximum Gasteiger partial charge on any atom is 0.158 e. The van der Waals surface area contributed by atoms with Gasteiger partial charge in [0.05, 0.1) is 11.6 Å². The number of carbonyl (C=O) groups is 1. The van der Waals surface area contributed by atoms with E-state index in [0.717, 1.165) is 24.0 Å². The molecule has 1 aromatic carbocycles. The van der Waals surface area contributed by atoms with Crippen molar-refractivity contribution in [3.05, 3.63) is 34.9 Å².